The van der Waals surface area contributed by atoms with Crippen LogP contribution < -0.4 is 0 Å². The molecule has 0 heteroatoms. The number of hydrogen-bond acceptors (Lipinski definition) is 0. The van der Waals surface area contributed by atoms with Gasteiger partial charge in [0.15, 0.2) is 0 Å². The van der Waals surface area contributed by atoms with Gasteiger partial charge in [-0.3, -0.25) is 0 Å². The molecule has 0 aromatic heterocycles. The molecule has 0 heterocycles. The van der Waals surface area contributed by atoms with Gasteiger partial charge < -0.3 is 0 Å². The maximum atomic E-state index is 2.58. The Morgan fingerprint density at radius 1 is 0.778 bits per heavy atom. The molecule has 0 aliphatic heterocycles. The molecule has 0 aromatic rings. The molecule has 6 unspecified atom stereocenters. The van der Waals surface area contributed by atoms with Crippen molar-refractivity contribution < 1.29 is 0 Å². The highest BCUT2D eigenvalue weighted by Crippen LogP contribution is 2.78. The summed E-state index contributed by atoms with van der Waals surface area (Å²) in [6.45, 7) is 12.6. The molecule has 4 bridgehead atoms. The number of rotatable bonds is 1. The second-order valence-electron chi connectivity index (χ2n) is 9.83. The van der Waals surface area contributed by atoms with Gasteiger partial charge in [0.2, 0.25) is 0 Å². The monoisotopic (exact) mass is 246 g/mol. The lowest BCUT2D eigenvalue weighted by Gasteiger charge is -2.65. The third-order valence-corrected chi connectivity index (χ3v) is 8.34. The minimum absolute atomic E-state index is 0.454. The summed E-state index contributed by atoms with van der Waals surface area (Å²) in [6, 6.07) is 0. The van der Waals surface area contributed by atoms with Gasteiger partial charge in [-0.15, -0.1) is 0 Å². The Kier molecular flexibility index (Phi) is 1.98. The van der Waals surface area contributed by atoms with Crippen LogP contribution in [0.4, 0.5) is 0 Å². The largest absolute Gasteiger partial charge is 0.0597 e. The molecule has 102 valence electrons. The van der Waals surface area contributed by atoms with E-state index in [2.05, 4.69) is 34.6 Å². The van der Waals surface area contributed by atoms with Crippen molar-refractivity contribution in [2.75, 3.05) is 0 Å². The fraction of sp³-hybridized carbons (Fsp3) is 1.00. The van der Waals surface area contributed by atoms with Gasteiger partial charge in [0, 0.05) is 0 Å². The number of hydrogen-bond donors (Lipinski definition) is 0. The van der Waals surface area contributed by atoms with Crippen LogP contribution in [0.5, 0.6) is 0 Å². The Hall–Kier alpha value is 0. The van der Waals surface area contributed by atoms with E-state index in [0.29, 0.717) is 10.8 Å². The molecule has 0 radical (unpaired) electrons. The Morgan fingerprint density at radius 2 is 1.33 bits per heavy atom. The minimum atomic E-state index is 0.454. The third kappa shape index (κ3) is 1.15. The first-order chi connectivity index (χ1) is 8.25. The first-order valence-electron chi connectivity index (χ1n) is 8.25. The topological polar surface area (TPSA) is 0 Å². The maximum Gasteiger partial charge on any atom is -0.0255 e. The Morgan fingerprint density at radius 3 is 1.94 bits per heavy atom. The molecule has 5 fully saturated rings. The lowest BCUT2D eigenvalue weighted by Crippen LogP contribution is -2.58. The van der Waals surface area contributed by atoms with Gasteiger partial charge in [0.1, 0.15) is 0 Å². The van der Waals surface area contributed by atoms with E-state index in [1.54, 1.807) is 32.1 Å². The van der Waals surface area contributed by atoms with Crippen molar-refractivity contribution in [3.63, 3.8) is 0 Å². The quantitative estimate of drug-likeness (QED) is 0.601. The first-order valence-corrected chi connectivity index (χ1v) is 8.25. The summed E-state index contributed by atoms with van der Waals surface area (Å²) in [4.78, 5) is 0. The third-order valence-electron chi connectivity index (χ3n) is 8.34. The van der Waals surface area contributed by atoms with E-state index in [1.165, 1.54) is 0 Å². The van der Waals surface area contributed by atoms with Gasteiger partial charge in [0.05, 0.1) is 0 Å². The normalized spacial score (nSPS) is 53.5. The average Bonchev–Trinajstić information content (AvgIpc) is 2.34. The van der Waals surface area contributed by atoms with E-state index >= 15 is 0 Å². The highest BCUT2D eigenvalue weighted by molar-refractivity contribution is 5.19. The van der Waals surface area contributed by atoms with Crippen molar-refractivity contribution in [3.8, 4) is 0 Å². The molecule has 5 saturated carbocycles. The summed E-state index contributed by atoms with van der Waals surface area (Å²) < 4.78 is 0. The van der Waals surface area contributed by atoms with Gasteiger partial charge in [-0.05, 0) is 77.9 Å². The van der Waals surface area contributed by atoms with E-state index in [1.807, 2.05) is 0 Å². The first kappa shape index (κ1) is 11.8. The van der Waals surface area contributed by atoms with Crippen molar-refractivity contribution in [3.05, 3.63) is 0 Å². The van der Waals surface area contributed by atoms with Crippen LogP contribution in [0, 0.1) is 45.8 Å². The van der Waals surface area contributed by atoms with Crippen molar-refractivity contribution >= 4 is 0 Å². The van der Waals surface area contributed by atoms with Gasteiger partial charge in [0.25, 0.3) is 0 Å². The van der Waals surface area contributed by atoms with Crippen LogP contribution in [-0.2, 0) is 0 Å². The standard InChI is InChI=1S/C18H30/c1-16(2,3)17(4,5)14-7-12-9-18-8-11(12)6-13(10-18)15(14)18/h11-15H,6-10H2,1-5H3. The molecule has 18 heavy (non-hydrogen) atoms. The second kappa shape index (κ2) is 3.01. The number of fused-ring (bicyclic) bond motifs is 1. The van der Waals surface area contributed by atoms with E-state index in [0.717, 1.165) is 35.0 Å². The van der Waals surface area contributed by atoms with E-state index in [4.69, 9.17) is 0 Å². The molecule has 0 aromatic carbocycles. The van der Waals surface area contributed by atoms with E-state index < -0.39 is 0 Å². The van der Waals surface area contributed by atoms with Crippen LogP contribution in [-0.4, -0.2) is 0 Å². The van der Waals surface area contributed by atoms with Crippen molar-refractivity contribution in [2.24, 2.45) is 45.8 Å². The smallest absolute Gasteiger partial charge is 0.0255 e. The molecule has 0 N–H and O–H groups in total. The van der Waals surface area contributed by atoms with Crippen LogP contribution in [0.15, 0.2) is 0 Å². The highest BCUT2D eigenvalue weighted by atomic mass is 14.7. The fourth-order valence-corrected chi connectivity index (χ4v) is 6.72. The maximum absolute atomic E-state index is 2.58. The zero-order valence-electron chi connectivity index (χ0n) is 12.9. The molecule has 1 spiro atoms. The average molecular weight is 246 g/mol. The SMILES string of the molecule is CC(C)(C)C(C)(C)C1CC2CC34CC2CC(C3)C14. The predicted molar refractivity (Wildman–Crippen MR) is 76.2 cm³/mol. The zero-order valence-corrected chi connectivity index (χ0v) is 12.9. The molecule has 6 atom stereocenters. The second-order valence-corrected chi connectivity index (χ2v) is 9.83. The van der Waals surface area contributed by atoms with Crippen LogP contribution in [0.3, 0.4) is 0 Å². The van der Waals surface area contributed by atoms with Crippen LogP contribution in [0.1, 0.15) is 66.7 Å². The molecule has 0 amide bonds. The summed E-state index contributed by atoms with van der Waals surface area (Å²) in [5.74, 6) is 5.51. The van der Waals surface area contributed by atoms with E-state index in [9.17, 15) is 0 Å². The van der Waals surface area contributed by atoms with Crippen LogP contribution in [0.2, 0.25) is 0 Å². The fourth-order valence-electron chi connectivity index (χ4n) is 6.72. The molecule has 0 saturated heterocycles. The summed E-state index contributed by atoms with van der Waals surface area (Å²) in [6.07, 6.45) is 8.03. The predicted octanol–water partition coefficient (Wildman–Crippen LogP) is 5.13. The van der Waals surface area contributed by atoms with Crippen LogP contribution in [0.25, 0.3) is 0 Å². The van der Waals surface area contributed by atoms with Gasteiger partial charge in [-0.1, -0.05) is 34.6 Å². The lowest BCUT2D eigenvalue weighted by atomic mass is 9.40. The van der Waals surface area contributed by atoms with E-state index in [-0.39, 0.29) is 0 Å². The molecular formula is C18H30. The van der Waals surface area contributed by atoms with Crippen molar-refractivity contribution in [1.29, 1.82) is 0 Å². The van der Waals surface area contributed by atoms with Crippen LogP contribution >= 0.6 is 0 Å². The molecule has 0 nitrogen and oxygen atoms in total. The van der Waals surface area contributed by atoms with Crippen molar-refractivity contribution in [2.45, 2.75) is 66.7 Å². The summed E-state index contributed by atoms with van der Waals surface area (Å²) in [7, 11) is 0. The van der Waals surface area contributed by atoms with Gasteiger partial charge in [-0.2, -0.15) is 0 Å². The minimum Gasteiger partial charge on any atom is -0.0597 e. The Labute approximate surface area is 113 Å². The zero-order chi connectivity index (χ0) is 12.9. The summed E-state index contributed by atoms with van der Waals surface area (Å²) >= 11 is 0. The van der Waals surface area contributed by atoms with Gasteiger partial charge in [-0.25, -0.2) is 0 Å². The molecule has 5 rings (SSSR count). The van der Waals surface area contributed by atoms with Gasteiger partial charge >= 0.3 is 0 Å². The molecular weight excluding hydrogens is 216 g/mol. The summed E-state index contributed by atoms with van der Waals surface area (Å²) in [5.41, 5.74) is 1.82. The van der Waals surface area contributed by atoms with Crippen molar-refractivity contribution in [1.82, 2.24) is 0 Å². The lowest BCUT2D eigenvalue weighted by molar-refractivity contribution is -0.161. The molecule has 5 aliphatic rings. The molecule has 5 aliphatic carbocycles. The Bertz CT molecular complexity index is 381. The summed E-state index contributed by atoms with van der Waals surface area (Å²) in [5, 5.41) is 0. The Balaban J connectivity index is 1.73. The highest BCUT2D eigenvalue weighted by Gasteiger charge is 2.70.